The molecule has 2 fully saturated rings. The number of nitrogens with one attached hydrogen (secondary N) is 1. The lowest BCUT2D eigenvalue weighted by Crippen LogP contribution is -2.71. The van der Waals surface area contributed by atoms with Gasteiger partial charge >= 0.3 is 24.1 Å². The maximum Gasteiger partial charge on any atom is 0.491 e. The molecule has 15 nitrogen and oxygen atoms in total. The van der Waals surface area contributed by atoms with Gasteiger partial charge in [0, 0.05) is 23.3 Å². The number of anilines is 1. The van der Waals surface area contributed by atoms with Gasteiger partial charge in [-0.25, -0.2) is 19.4 Å². The fourth-order valence-corrected chi connectivity index (χ4v) is 6.94. The Balaban J connectivity index is 1.45. The number of nitrogens with two attached hydrogens (primary N) is 1. The first-order valence-corrected chi connectivity index (χ1v) is 13.7. The third-order valence-electron chi connectivity index (χ3n) is 6.81. The lowest BCUT2D eigenvalue weighted by atomic mass is 9.92. The molecule has 0 aliphatic carbocycles. The molecule has 0 unspecified atom stereocenters. The molecule has 1 aromatic heterocycles. The molecule has 3 amide bonds. The van der Waals surface area contributed by atoms with Gasteiger partial charge in [-0.3, -0.25) is 19.3 Å². The molecular formula is C22H17F3N6O9S2. The maximum absolute atomic E-state index is 13.2. The van der Waals surface area contributed by atoms with Crippen molar-refractivity contribution in [2.75, 3.05) is 18.0 Å². The molecule has 1 aromatic rings. The topological polar surface area (TPSA) is 222 Å². The number of ether oxygens (including phenoxy) is 1. The Labute approximate surface area is 239 Å². The van der Waals surface area contributed by atoms with Gasteiger partial charge in [0.15, 0.2) is 16.9 Å². The highest BCUT2D eigenvalue weighted by Gasteiger charge is 2.56. The fraction of sp³-hybridized carbons (Fsp3) is 0.364. The van der Waals surface area contributed by atoms with Crippen LogP contribution in [0.5, 0.6) is 0 Å². The average molecular weight is 631 g/mol. The van der Waals surface area contributed by atoms with Gasteiger partial charge in [-0.15, -0.1) is 23.1 Å². The standard InChI is InChI=1S/C22H17F3N6O9S2/c23-22(24,25)20(38)40-19(37)12-6(3-8-7-1-2-30(15(7)33)13(8)18(35)36)4-41-17-11(16(34)31(12)17)28-14(32)10(29-39)9-5-42-21(26)27-9/h5,11,13,17,39H,1-4H2,(H2,26,27)(H,28,32)(H,35,36)/b29-10-/t11-,13-,17-/m1/s1. The predicted molar refractivity (Wildman–Crippen MR) is 133 cm³/mol. The van der Waals surface area contributed by atoms with Crippen LogP contribution >= 0.6 is 23.1 Å². The molecule has 3 atom stereocenters. The Kier molecular flexibility index (Phi) is 7.21. The van der Waals surface area contributed by atoms with Gasteiger partial charge in [-0.2, -0.15) is 13.2 Å². The molecule has 20 heteroatoms. The Morgan fingerprint density at radius 1 is 1.26 bits per heavy atom. The zero-order valence-electron chi connectivity index (χ0n) is 20.7. The lowest BCUT2D eigenvalue weighted by Gasteiger charge is -2.49. The first kappa shape index (κ1) is 29.0. The molecule has 5 heterocycles. The third kappa shape index (κ3) is 4.74. The van der Waals surface area contributed by atoms with Crippen LogP contribution in [-0.2, 0) is 33.5 Å². The number of carboxylic acid groups (broad SMARTS) is 1. The number of hydrogen-bond donors (Lipinski definition) is 4. The highest BCUT2D eigenvalue weighted by Crippen LogP contribution is 2.45. The van der Waals surface area contributed by atoms with E-state index in [9.17, 15) is 52.3 Å². The lowest BCUT2D eigenvalue weighted by molar-refractivity contribution is -0.201. The van der Waals surface area contributed by atoms with Gasteiger partial charge in [0.05, 0.1) is 0 Å². The summed E-state index contributed by atoms with van der Waals surface area (Å²) in [6, 6.07) is -2.73. The second kappa shape index (κ2) is 10.4. The number of alkyl halides is 3. The summed E-state index contributed by atoms with van der Waals surface area (Å²) in [7, 11) is 0. The summed E-state index contributed by atoms with van der Waals surface area (Å²) in [5, 5.41) is 24.5. The van der Waals surface area contributed by atoms with E-state index in [0.717, 1.165) is 32.9 Å². The van der Waals surface area contributed by atoms with Crippen LogP contribution in [0.25, 0.3) is 0 Å². The van der Waals surface area contributed by atoms with Gasteiger partial charge in [0.2, 0.25) is 0 Å². The van der Waals surface area contributed by atoms with Crippen LogP contribution in [0.1, 0.15) is 18.5 Å². The van der Waals surface area contributed by atoms with Crippen LogP contribution in [0, 0.1) is 0 Å². The van der Waals surface area contributed by atoms with Crippen LogP contribution < -0.4 is 11.1 Å². The number of carbonyl (C=O) groups excluding carboxylic acids is 5. The number of nitrogens with zero attached hydrogens (tertiary/aromatic N) is 4. The molecule has 0 aromatic carbocycles. The zero-order chi connectivity index (χ0) is 30.7. The maximum atomic E-state index is 13.2. The van der Waals surface area contributed by atoms with Crippen molar-refractivity contribution in [2.45, 2.75) is 36.5 Å². The number of aromatic nitrogens is 1. The second-order valence-electron chi connectivity index (χ2n) is 9.18. The van der Waals surface area contributed by atoms with Crippen LogP contribution in [0.15, 0.2) is 33.0 Å². The number of fused-ring (bicyclic) bond motifs is 3. The van der Waals surface area contributed by atoms with Gasteiger partial charge < -0.3 is 31.0 Å². The van der Waals surface area contributed by atoms with E-state index in [0.29, 0.717) is 0 Å². The summed E-state index contributed by atoms with van der Waals surface area (Å²) in [4.78, 5) is 80.3. The van der Waals surface area contributed by atoms with Crippen LogP contribution in [-0.4, -0.2) is 102 Å². The van der Waals surface area contributed by atoms with Crippen LogP contribution in [0.4, 0.5) is 18.3 Å². The monoisotopic (exact) mass is 630 g/mol. The predicted octanol–water partition coefficient (Wildman–Crippen LogP) is -0.424. The van der Waals surface area contributed by atoms with Crippen molar-refractivity contribution >= 4 is 69.6 Å². The molecular weight excluding hydrogens is 613 g/mol. The summed E-state index contributed by atoms with van der Waals surface area (Å²) < 4.78 is 42.6. The number of rotatable bonds is 7. The smallest absolute Gasteiger partial charge is 0.479 e. The molecule has 222 valence electrons. The number of thiazole rings is 1. The van der Waals surface area contributed by atoms with E-state index in [1.807, 2.05) is 0 Å². The Bertz CT molecular complexity index is 1550. The van der Waals surface area contributed by atoms with Gasteiger partial charge in [0.1, 0.15) is 22.8 Å². The van der Waals surface area contributed by atoms with Crippen LogP contribution in [0.2, 0.25) is 0 Å². The molecule has 2 bridgehead atoms. The minimum absolute atomic E-state index is 0.0528. The molecule has 0 radical (unpaired) electrons. The first-order valence-electron chi connectivity index (χ1n) is 11.7. The van der Waals surface area contributed by atoms with Crippen molar-refractivity contribution in [1.82, 2.24) is 20.1 Å². The average Bonchev–Trinajstić information content (AvgIpc) is 3.58. The fourth-order valence-electron chi connectivity index (χ4n) is 5.04. The van der Waals surface area contributed by atoms with E-state index in [-0.39, 0.29) is 52.7 Å². The largest absolute Gasteiger partial charge is 0.491 e. The number of carbonyl (C=O) groups is 6. The van der Waals surface area contributed by atoms with Gasteiger partial charge in [0.25, 0.3) is 17.7 Å². The van der Waals surface area contributed by atoms with E-state index in [1.165, 1.54) is 5.38 Å². The Morgan fingerprint density at radius 3 is 2.57 bits per heavy atom. The normalized spacial score (nSPS) is 23.7. The number of halogens is 3. The molecule has 4 aliphatic rings. The van der Waals surface area contributed by atoms with Gasteiger partial charge in [-0.1, -0.05) is 5.16 Å². The summed E-state index contributed by atoms with van der Waals surface area (Å²) in [6.45, 7) is 0.151. The quantitative estimate of drug-likeness (QED) is 0.0753. The van der Waals surface area contributed by atoms with Crippen molar-refractivity contribution in [3.05, 3.63) is 33.5 Å². The highest BCUT2D eigenvalue weighted by molar-refractivity contribution is 8.00. The van der Waals surface area contributed by atoms with Crippen molar-refractivity contribution in [3.8, 4) is 0 Å². The number of thioether (sulfide) groups is 1. The van der Waals surface area contributed by atoms with Crippen molar-refractivity contribution < 1.29 is 57.0 Å². The first-order chi connectivity index (χ1) is 19.7. The van der Waals surface area contributed by atoms with E-state index in [4.69, 9.17) is 5.73 Å². The summed E-state index contributed by atoms with van der Waals surface area (Å²) >= 11 is 1.90. The Morgan fingerprint density at radius 2 is 1.98 bits per heavy atom. The molecule has 5 N–H and O–H groups in total. The molecule has 4 aliphatic heterocycles. The Hall–Kier alpha value is -4.46. The number of aliphatic carboxylic acids is 1. The van der Waals surface area contributed by atoms with Gasteiger partial charge in [-0.05, 0) is 24.0 Å². The van der Waals surface area contributed by atoms with Crippen LogP contribution in [0.3, 0.4) is 0 Å². The highest BCUT2D eigenvalue weighted by atomic mass is 32.2. The molecule has 2 saturated heterocycles. The molecule has 5 rings (SSSR count). The van der Waals surface area contributed by atoms with Crippen molar-refractivity contribution in [3.63, 3.8) is 0 Å². The number of hydrogen-bond acceptors (Lipinski definition) is 13. The van der Waals surface area contributed by atoms with E-state index < -0.39 is 70.7 Å². The number of amides is 3. The number of carboxylic acids is 1. The van der Waals surface area contributed by atoms with Crippen molar-refractivity contribution in [2.24, 2.45) is 5.16 Å². The zero-order valence-corrected chi connectivity index (χ0v) is 22.3. The number of esters is 2. The minimum atomic E-state index is -5.54. The minimum Gasteiger partial charge on any atom is -0.479 e. The molecule has 0 spiro atoms. The van der Waals surface area contributed by atoms with E-state index in [2.05, 4.69) is 20.2 Å². The summed E-state index contributed by atoms with van der Waals surface area (Å²) in [5.74, 6) is -8.77. The van der Waals surface area contributed by atoms with E-state index >= 15 is 0 Å². The van der Waals surface area contributed by atoms with Crippen molar-refractivity contribution in [1.29, 1.82) is 0 Å². The number of β-lactam (4-membered cyclic amide) rings is 1. The summed E-state index contributed by atoms with van der Waals surface area (Å²) in [6.07, 6.45) is -5.72. The SMILES string of the molecule is Nc1nc(/C(=N/O)C(=O)N[C@@H]2C(=O)N3C(C(=O)OC(=O)C(F)(F)F)=C(CC4=C5CCN(C5=O)[C@H]4C(=O)O)CS[C@H]23)cs1. The molecule has 0 saturated carbocycles. The number of oxime groups is 1. The molecule has 42 heavy (non-hydrogen) atoms. The number of nitrogen functional groups attached to an aromatic ring is 1. The second-order valence-corrected chi connectivity index (χ2v) is 11.2. The van der Waals surface area contributed by atoms with E-state index in [1.54, 1.807) is 0 Å². The third-order valence-corrected chi connectivity index (χ3v) is 8.83. The summed E-state index contributed by atoms with van der Waals surface area (Å²) in [5.41, 5.74) is 4.32.